The van der Waals surface area contributed by atoms with Crippen LogP contribution >= 0.6 is 0 Å². The first-order valence-corrected chi connectivity index (χ1v) is 6.65. The molecule has 2 N–H and O–H groups in total. The summed E-state index contributed by atoms with van der Waals surface area (Å²) in [5.74, 6) is 0. The van der Waals surface area contributed by atoms with E-state index in [1.165, 1.54) is 12.8 Å². The Bertz CT molecular complexity index is 480. The Labute approximate surface area is 107 Å². The van der Waals surface area contributed by atoms with Crippen LogP contribution in [-0.2, 0) is 6.42 Å². The number of nitrogens with one attached hydrogen (secondary N) is 1. The molecule has 2 unspecified atom stereocenters. The Hall–Kier alpha value is -1.37. The monoisotopic (exact) mass is 242 g/mol. The third-order valence-corrected chi connectivity index (χ3v) is 4.25. The van der Waals surface area contributed by atoms with E-state index in [1.54, 1.807) is 0 Å². The van der Waals surface area contributed by atoms with E-state index >= 15 is 0 Å². The standard InChI is InChI=1S/C15H18N2O/c16-10-12-4-2-1-3-11(12)7-15(18)8-13-5-6-14(9-15)17-13/h1-4,13-14,17-18H,5-9H2. The first-order valence-electron chi connectivity index (χ1n) is 6.65. The molecule has 3 heteroatoms. The number of piperidine rings is 1. The van der Waals surface area contributed by atoms with Crippen molar-refractivity contribution in [1.29, 1.82) is 5.26 Å². The van der Waals surface area contributed by atoms with E-state index in [0.29, 0.717) is 24.1 Å². The van der Waals surface area contributed by atoms with Crippen LogP contribution in [0.15, 0.2) is 24.3 Å². The molecule has 0 aromatic heterocycles. The van der Waals surface area contributed by atoms with Gasteiger partial charge in [0, 0.05) is 18.5 Å². The van der Waals surface area contributed by atoms with Gasteiger partial charge in [-0.3, -0.25) is 0 Å². The normalized spacial score (nSPS) is 34.2. The van der Waals surface area contributed by atoms with Gasteiger partial charge in [-0.2, -0.15) is 5.26 Å². The maximum absolute atomic E-state index is 10.8. The summed E-state index contributed by atoms with van der Waals surface area (Å²) in [6, 6.07) is 10.7. The predicted molar refractivity (Wildman–Crippen MR) is 69.0 cm³/mol. The van der Waals surface area contributed by atoms with Crippen molar-refractivity contribution < 1.29 is 5.11 Å². The number of nitrogens with zero attached hydrogens (tertiary/aromatic N) is 1. The van der Waals surface area contributed by atoms with E-state index in [4.69, 9.17) is 5.26 Å². The summed E-state index contributed by atoms with van der Waals surface area (Å²) >= 11 is 0. The number of nitriles is 1. The zero-order chi connectivity index (χ0) is 12.6. The molecule has 94 valence electrons. The molecule has 0 saturated carbocycles. The first kappa shape index (κ1) is 11.7. The predicted octanol–water partition coefficient (Wildman–Crippen LogP) is 1.75. The minimum atomic E-state index is -0.635. The molecule has 2 aliphatic rings. The van der Waals surface area contributed by atoms with Crippen molar-refractivity contribution in [1.82, 2.24) is 5.32 Å². The molecule has 0 radical (unpaired) electrons. The molecule has 2 bridgehead atoms. The fourth-order valence-corrected chi connectivity index (χ4v) is 3.51. The van der Waals surface area contributed by atoms with Gasteiger partial charge >= 0.3 is 0 Å². The SMILES string of the molecule is N#Cc1ccccc1CC1(O)CC2CCC(C1)N2. The van der Waals surface area contributed by atoms with Crippen LogP contribution in [0.25, 0.3) is 0 Å². The van der Waals surface area contributed by atoms with E-state index < -0.39 is 5.60 Å². The number of hydrogen-bond acceptors (Lipinski definition) is 3. The van der Waals surface area contributed by atoms with Crippen LogP contribution in [-0.4, -0.2) is 22.8 Å². The Morgan fingerprint density at radius 1 is 1.28 bits per heavy atom. The van der Waals surface area contributed by atoms with Gasteiger partial charge in [-0.05, 0) is 37.3 Å². The molecule has 2 aliphatic heterocycles. The van der Waals surface area contributed by atoms with Gasteiger partial charge in [-0.1, -0.05) is 18.2 Å². The highest BCUT2D eigenvalue weighted by Gasteiger charge is 2.42. The third-order valence-electron chi connectivity index (χ3n) is 4.25. The van der Waals surface area contributed by atoms with E-state index in [9.17, 15) is 5.11 Å². The van der Waals surface area contributed by atoms with Gasteiger partial charge < -0.3 is 10.4 Å². The zero-order valence-electron chi connectivity index (χ0n) is 10.4. The van der Waals surface area contributed by atoms with Crippen LogP contribution < -0.4 is 5.32 Å². The lowest BCUT2D eigenvalue weighted by atomic mass is 9.81. The lowest BCUT2D eigenvalue weighted by Gasteiger charge is -2.37. The lowest BCUT2D eigenvalue weighted by molar-refractivity contribution is -0.00613. The number of hydrogen-bond donors (Lipinski definition) is 2. The summed E-state index contributed by atoms with van der Waals surface area (Å²) in [6.45, 7) is 0. The molecule has 2 saturated heterocycles. The number of fused-ring (bicyclic) bond motifs is 2. The van der Waals surface area contributed by atoms with Crippen LogP contribution in [0.2, 0.25) is 0 Å². The first-order chi connectivity index (χ1) is 8.68. The summed E-state index contributed by atoms with van der Waals surface area (Å²) in [7, 11) is 0. The van der Waals surface area contributed by atoms with E-state index in [1.807, 2.05) is 24.3 Å². The Morgan fingerprint density at radius 2 is 1.94 bits per heavy atom. The number of benzene rings is 1. The molecule has 1 aromatic carbocycles. The van der Waals surface area contributed by atoms with E-state index in [0.717, 1.165) is 18.4 Å². The summed E-state index contributed by atoms with van der Waals surface area (Å²) in [4.78, 5) is 0. The van der Waals surface area contributed by atoms with Crippen molar-refractivity contribution in [2.45, 2.75) is 49.8 Å². The second-order valence-electron chi connectivity index (χ2n) is 5.72. The second kappa shape index (κ2) is 4.38. The Morgan fingerprint density at radius 3 is 2.61 bits per heavy atom. The van der Waals surface area contributed by atoms with Crippen LogP contribution in [0.5, 0.6) is 0 Å². The molecule has 2 heterocycles. The molecule has 1 aromatic rings. The van der Waals surface area contributed by atoms with Crippen LogP contribution in [0.4, 0.5) is 0 Å². The van der Waals surface area contributed by atoms with Crippen molar-refractivity contribution >= 4 is 0 Å². The van der Waals surface area contributed by atoms with Crippen molar-refractivity contribution in [2.75, 3.05) is 0 Å². The zero-order valence-corrected chi connectivity index (χ0v) is 10.4. The van der Waals surface area contributed by atoms with Crippen molar-refractivity contribution in [3.05, 3.63) is 35.4 Å². The van der Waals surface area contributed by atoms with Gasteiger partial charge in [-0.25, -0.2) is 0 Å². The van der Waals surface area contributed by atoms with Crippen LogP contribution in [0, 0.1) is 11.3 Å². The summed E-state index contributed by atoms with van der Waals surface area (Å²) in [5, 5.41) is 23.4. The maximum atomic E-state index is 10.8. The van der Waals surface area contributed by atoms with Gasteiger partial charge in [0.05, 0.1) is 17.2 Å². The van der Waals surface area contributed by atoms with Crippen molar-refractivity contribution in [3.63, 3.8) is 0 Å². The van der Waals surface area contributed by atoms with Gasteiger partial charge in [0.25, 0.3) is 0 Å². The highest BCUT2D eigenvalue weighted by atomic mass is 16.3. The fourth-order valence-electron chi connectivity index (χ4n) is 3.51. The van der Waals surface area contributed by atoms with E-state index in [2.05, 4.69) is 11.4 Å². The summed E-state index contributed by atoms with van der Waals surface area (Å²) in [6.07, 6.45) is 4.57. The second-order valence-corrected chi connectivity index (χ2v) is 5.72. The molecular formula is C15H18N2O. The molecule has 3 rings (SSSR count). The molecule has 0 aliphatic carbocycles. The molecule has 2 fully saturated rings. The maximum Gasteiger partial charge on any atom is 0.0994 e. The Balaban J connectivity index is 1.81. The fraction of sp³-hybridized carbons (Fsp3) is 0.533. The van der Waals surface area contributed by atoms with Gasteiger partial charge in [-0.15, -0.1) is 0 Å². The summed E-state index contributed by atoms with van der Waals surface area (Å²) in [5.41, 5.74) is 1.03. The lowest BCUT2D eigenvalue weighted by Crippen LogP contribution is -2.49. The molecule has 0 amide bonds. The van der Waals surface area contributed by atoms with Crippen LogP contribution in [0.3, 0.4) is 0 Å². The van der Waals surface area contributed by atoms with Crippen LogP contribution in [0.1, 0.15) is 36.8 Å². The highest BCUT2D eigenvalue weighted by molar-refractivity contribution is 5.38. The summed E-state index contributed by atoms with van der Waals surface area (Å²) < 4.78 is 0. The molecular weight excluding hydrogens is 224 g/mol. The van der Waals surface area contributed by atoms with Gasteiger partial charge in [0.2, 0.25) is 0 Å². The van der Waals surface area contributed by atoms with Gasteiger partial charge in [0.15, 0.2) is 0 Å². The molecule has 0 spiro atoms. The highest BCUT2D eigenvalue weighted by Crippen LogP contribution is 2.36. The van der Waals surface area contributed by atoms with E-state index in [-0.39, 0.29) is 0 Å². The largest absolute Gasteiger partial charge is 0.389 e. The molecule has 3 nitrogen and oxygen atoms in total. The topological polar surface area (TPSA) is 56.0 Å². The molecule has 2 atom stereocenters. The van der Waals surface area contributed by atoms with Crippen molar-refractivity contribution in [3.8, 4) is 6.07 Å². The molecule has 18 heavy (non-hydrogen) atoms. The average molecular weight is 242 g/mol. The minimum absolute atomic E-state index is 0.461. The van der Waals surface area contributed by atoms with Crippen molar-refractivity contribution in [2.24, 2.45) is 0 Å². The number of aliphatic hydroxyl groups is 1. The smallest absolute Gasteiger partial charge is 0.0994 e. The Kier molecular flexibility index (Phi) is 2.85. The minimum Gasteiger partial charge on any atom is -0.389 e. The third kappa shape index (κ3) is 2.14. The van der Waals surface area contributed by atoms with Gasteiger partial charge in [0.1, 0.15) is 0 Å². The average Bonchev–Trinajstić information content (AvgIpc) is 2.70. The number of rotatable bonds is 2. The quantitative estimate of drug-likeness (QED) is 0.830.